The van der Waals surface area contributed by atoms with Crippen molar-refractivity contribution in [2.24, 2.45) is 0 Å². The molecule has 0 heterocycles. The molecule has 13 aromatic rings. The molecule has 0 N–H and O–H groups in total. The van der Waals surface area contributed by atoms with Crippen LogP contribution in [0.2, 0.25) is 0 Å². The van der Waals surface area contributed by atoms with Crippen molar-refractivity contribution in [3.05, 3.63) is 326 Å². The normalized spacial score (nSPS) is 13.8. The van der Waals surface area contributed by atoms with E-state index in [0.717, 1.165) is 45.3 Å². The molecule has 2 aliphatic rings. The van der Waals surface area contributed by atoms with Gasteiger partial charge in [0, 0.05) is 33.9 Å². The topological polar surface area (TPSA) is 6.48 Å². The summed E-state index contributed by atoms with van der Waals surface area (Å²) in [6.45, 7) is 0. The summed E-state index contributed by atoms with van der Waals surface area (Å²) in [7, 11) is 0. The minimum Gasteiger partial charge on any atom is -0.310 e. The predicted octanol–water partition coefficient (Wildman–Crippen LogP) is 20.3. The average Bonchev–Trinajstić information content (AvgIpc) is 3.97. The molecule has 2 heteroatoms. The molecule has 2 aliphatic carbocycles. The van der Waals surface area contributed by atoms with Crippen molar-refractivity contribution in [1.29, 1.82) is 0 Å². The number of nitrogens with zero attached hydrogens (tertiary/aromatic N) is 2. The molecule has 2 nitrogen and oxygen atoms in total. The maximum absolute atomic E-state index is 2.52. The van der Waals surface area contributed by atoms with Crippen LogP contribution in [0.3, 0.4) is 0 Å². The first kappa shape index (κ1) is 44.5. The Kier molecular flexibility index (Phi) is 10.5. The van der Waals surface area contributed by atoms with Gasteiger partial charge in [0.05, 0.1) is 16.8 Å². The zero-order valence-corrected chi connectivity index (χ0v) is 42.3. The van der Waals surface area contributed by atoms with Crippen molar-refractivity contribution >= 4 is 55.7 Å². The molecule has 1 unspecified atom stereocenters. The van der Waals surface area contributed by atoms with Crippen LogP contribution in [0, 0.1) is 0 Å². The van der Waals surface area contributed by atoms with E-state index in [0.29, 0.717) is 0 Å². The van der Waals surface area contributed by atoms with Gasteiger partial charge in [0.1, 0.15) is 0 Å². The molecular weight excluding hydrogens is 929 g/mol. The lowest BCUT2D eigenvalue weighted by Gasteiger charge is -2.34. The van der Waals surface area contributed by atoms with Crippen molar-refractivity contribution in [2.75, 3.05) is 9.80 Å². The van der Waals surface area contributed by atoms with Gasteiger partial charge < -0.3 is 9.80 Å². The Morgan fingerprint density at radius 1 is 0.221 bits per heavy atom. The number of anilines is 6. The molecule has 0 saturated carbocycles. The smallest absolute Gasteiger partial charge is 0.0727 e. The fourth-order valence-electron chi connectivity index (χ4n) is 12.9. The first-order chi connectivity index (χ1) is 38.2. The summed E-state index contributed by atoms with van der Waals surface area (Å²) >= 11 is 0. The number of para-hydroxylation sites is 2. The lowest BCUT2D eigenvalue weighted by molar-refractivity contribution is 0.793. The van der Waals surface area contributed by atoms with Gasteiger partial charge in [-0.05, 0) is 155 Å². The first-order valence-electron chi connectivity index (χ1n) is 26.7. The van der Waals surface area contributed by atoms with Gasteiger partial charge in [-0.25, -0.2) is 0 Å². The van der Waals surface area contributed by atoms with Gasteiger partial charge in [0.2, 0.25) is 0 Å². The first-order valence-corrected chi connectivity index (χ1v) is 26.7. The van der Waals surface area contributed by atoms with Crippen molar-refractivity contribution < 1.29 is 0 Å². The fraction of sp³-hybridized carbons (Fsp3) is 0.0133. The van der Waals surface area contributed by atoms with Crippen molar-refractivity contribution in [3.8, 4) is 55.6 Å². The maximum atomic E-state index is 2.52. The van der Waals surface area contributed by atoms with Crippen LogP contribution in [0.5, 0.6) is 0 Å². The Hall–Kier alpha value is -10.0. The van der Waals surface area contributed by atoms with E-state index in [1.165, 1.54) is 88.3 Å². The van der Waals surface area contributed by atoms with Crippen LogP contribution in [-0.2, 0) is 5.41 Å². The summed E-state index contributed by atoms with van der Waals surface area (Å²) in [6.07, 6.45) is 0. The predicted molar refractivity (Wildman–Crippen MR) is 323 cm³/mol. The van der Waals surface area contributed by atoms with E-state index >= 15 is 0 Å². The van der Waals surface area contributed by atoms with Gasteiger partial charge in [-0.2, -0.15) is 0 Å². The fourth-order valence-corrected chi connectivity index (χ4v) is 12.9. The van der Waals surface area contributed by atoms with Crippen LogP contribution in [0.15, 0.2) is 303 Å². The molecule has 1 atom stereocenters. The van der Waals surface area contributed by atoms with Crippen LogP contribution in [0.1, 0.15) is 22.3 Å². The van der Waals surface area contributed by atoms with Gasteiger partial charge in [0.15, 0.2) is 0 Å². The van der Waals surface area contributed by atoms with Crippen LogP contribution >= 0.6 is 0 Å². The number of hydrogen-bond donors (Lipinski definition) is 0. The Morgan fingerprint density at radius 3 is 1.23 bits per heavy atom. The number of benzene rings is 13. The highest BCUT2D eigenvalue weighted by Gasteiger charge is 2.52. The summed E-state index contributed by atoms with van der Waals surface area (Å²) in [4.78, 5) is 4.97. The SMILES string of the molecule is c1ccc(-c2ccc(-c3cc4ccccc4cc3N(c3ccccc3)c3ccc4c(c3)C3(c5ccccc5-4)c4ccccc4-c4ccc(N(c5ccccc5)c5ccc6ccccc6c5-c5ccccc5)cc43)cc2)cc1. The highest BCUT2D eigenvalue weighted by Crippen LogP contribution is 2.64. The third-order valence-electron chi connectivity index (χ3n) is 16.2. The summed E-state index contributed by atoms with van der Waals surface area (Å²) in [5.41, 5.74) is 23.3. The second kappa shape index (κ2) is 18.1. The molecule has 360 valence electrons. The van der Waals surface area contributed by atoms with Crippen LogP contribution in [0.25, 0.3) is 77.2 Å². The van der Waals surface area contributed by atoms with Gasteiger partial charge >= 0.3 is 0 Å². The lowest BCUT2D eigenvalue weighted by atomic mass is 9.70. The van der Waals surface area contributed by atoms with E-state index in [9.17, 15) is 0 Å². The summed E-state index contributed by atoms with van der Waals surface area (Å²) in [5, 5.41) is 4.82. The molecule has 0 aromatic heterocycles. The minimum atomic E-state index is -0.639. The third kappa shape index (κ3) is 7.10. The maximum Gasteiger partial charge on any atom is 0.0727 e. The molecule has 13 aromatic carbocycles. The molecule has 0 aliphatic heterocycles. The largest absolute Gasteiger partial charge is 0.310 e. The molecule has 77 heavy (non-hydrogen) atoms. The Labute approximate surface area is 449 Å². The zero-order valence-electron chi connectivity index (χ0n) is 42.3. The van der Waals surface area contributed by atoms with Crippen molar-refractivity contribution in [1.82, 2.24) is 0 Å². The van der Waals surface area contributed by atoms with E-state index in [1.807, 2.05) is 0 Å². The van der Waals surface area contributed by atoms with Crippen LogP contribution < -0.4 is 9.80 Å². The standard InChI is InChI=1S/C75H50N2/c1-5-21-51(22-6-1)52-37-39-54(40-38-52)67-47-56-26-13-14-27-57(56)48-73(67)77(59-30-11-4-12-31-59)61-43-45-66-64-34-18-20-36-69(64)75(71(66)50-61)68-35-19-17-33-63(68)65-44-42-60(49-70(65)75)76(58-28-9-3-10-29-58)72-46-41-53-23-15-16-32-62(53)74(72)55-24-7-2-8-25-55/h1-50H. The van der Waals surface area contributed by atoms with E-state index in [1.54, 1.807) is 0 Å². The minimum absolute atomic E-state index is 0.639. The number of fused-ring (bicyclic) bond motifs is 12. The third-order valence-corrected chi connectivity index (χ3v) is 16.2. The summed E-state index contributed by atoms with van der Waals surface area (Å²) in [5.74, 6) is 0. The Morgan fingerprint density at radius 2 is 0.649 bits per heavy atom. The quantitative estimate of drug-likeness (QED) is 0.142. The molecule has 0 radical (unpaired) electrons. The Bertz CT molecular complexity index is 4360. The van der Waals surface area contributed by atoms with Gasteiger partial charge in [-0.3, -0.25) is 0 Å². The average molecular weight is 979 g/mol. The number of hydrogen-bond acceptors (Lipinski definition) is 2. The molecule has 0 amide bonds. The van der Waals surface area contributed by atoms with Gasteiger partial charge in [-0.15, -0.1) is 0 Å². The molecule has 1 spiro atoms. The molecule has 0 fully saturated rings. The zero-order chi connectivity index (χ0) is 50.9. The lowest BCUT2D eigenvalue weighted by Crippen LogP contribution is -2.26. The highest BCUT2D eigenvalue weighted by molar-refractivity contribution is 6.06. The van der Waals surface area contributed by atoms with Crippen molar-refractivity contribution in [2.45, 2.75) is 5.41 Å². The second-order valence-electron chi connectivity index (χ2n) is 20.3. The van der Waals surface area contributed by atoms with E-state index in [2.05, 4.69) is 313 Å². The van der Waals surface area contributed by atoms with E-state index in [-0.39, 0.29) is 0 Å². The second-order valence-corrected chi connectivity index (χ2v) is 20.3. The Balaban J connectivity index is 0.972. The molecule has 0 bridgehead atoms. The van der Waals surface area contributed by atoms with E-state index in [4.69, 9.17) is 0 Å². The van der Waals surface area contributed by atoms with Crippen LogP contribution in [0.4, 0.5) is 34.1 Å². The van der Waals surface area contributed by atoms with Crippen molar-refractivity contribution in [3.63, 3.8) is 0 Å². The molecular formula is C75H50N2. The monoisotopic (exact) mass is 978 g/mol. The molecule has 15 rings (SSSR count). The van der Waals surface area contributed by atoms with E-state index < -0.39 is 5.41 Å². The summed E-state index contributed by atoms with van der Waals surface area (Å²) < 4.78 is 0. The summed E-state index contributed by atoms with van der Waals surface area (Å²) in [6, 6.07) is 112. The van der Waals surface area contributed by atoms with Crippen LogP contribution in [-0.4, -0.2) is 0 Å². The highest BCUT2D eigenvalue weighted by atomic mass is 15.2. The molecule has 0 saturated heterocycles. The number of rotatable bonds is 9. The van der Waals surface area contributed by atoms with Gasteiger partial charge in [-0.1, -0.05) is 237 Å². The van der Waals surface area contributed by atoms with Gasteiger partial charge in [0.25, 0.3) is 0 Å².